The van der Waals surface area contributed by atoms with Gasteiger partial charge < -0.3 is 10.2 Å². The summed E-state index contributed by atoms with van der Waals surface area (Å²) in [6.07, 6.45) is 0. The molecule has 5 heteroatoms. The van der Waals surface area contributed by atoms with Gasteiger partial charge in [-0.15, -0.1) is 0 Å². The summed E-state index contributed by atoms with van der Waals surface area (Å²) in [5, 5.41) is 4.90. The minimum absolute atomic E-state index is 0.313. The van der Waals surface area contributed by atoms with Gasteiger partial charge in [0.05, 0.1) is 5.52 Å². The van der Waals surface area contributed by atoms with Crippen LogP contribution in [0.1, 0.15) is 13.8 Å². The summed E-state index contributed by atoms with van der Waals surface area (Å²) in [5.74, 6) is 0.941. The minimum atomic E-state index is 0.313. The summed E-state index contributed by atoms with van der Waals surface area (Å²) in [4.78, 5) is 11.0. The third-order valence-electron chi connectivity index (χ3n) is 3.41. The van der Waals surface area contributed by atoms with Crippen molar-refractivity contribution in [1.29, 1.82) is 0 Å². The van der Waals surface area contributed by atoms with Gasteiger partial charge in [-0.3, -0.25) is 0 Å². The molecule has 100 valence electrons. The maximum atomic E-state index is 6.05. The molecule has 4 nitrogen and oxygen atoms in total. The van der Waals surface area contributed by atoms with E-state index in [0.717, 1.165) is 29.8 Å². The number of rotatable bonds is 1. The van der Waals surface area contributed by atoms with Crippen LogP contribution in [0, 0.1) is 0 Å². The van der Waals surface area contributed by atoms with Gasteiger partial charge >= 0.3 is 0 Å². The van der Waals surface area contributed by atoms with E-state index in [0.29, 0.717) is 17.4 Å². The molecule has 0 spiro atoms. The van der Waals surface area contributed by atoms with E-state index in [2.05, 4.69) is 40.1 Å². The van der Waals surface area contributed by atoms with Crippen molar-refractivity contribution in [2.24, 2.45) is 0 Å². The Bertz CT molecular complexity index is 591. The number of para-hydroxylation sites is 1. The minimum Gasteiger partial charge on any atom is -0.353 e. The van der Waals surface area contributed by atoms with Gasteiger partial charge in [-0.2, -0.15) is 4.98 Å². The predicted octanol–water partition coefficient (Wildman–Crippen LogP) is 2.47. The maximum Gasteiger partial charge on any atom is 0.224 e. The Kier molecular flexibility index (Phi) is 3.29. The Morgan fingerprint density at radius 1 is 1.16 bits per heavy atom. The number of piperazine rings is 1. The number of hydrogen-bond donors (Lipinski definition) is 1. The molecule has 2 unspecified atom stereocenters. The number of halogens is 1. The molecule has 1 fully saturated rings. The van der Waals surface area contributed by atoms with E-state index in [4.69, 9.17) is 11.6 Å². The first kappa shape index (κ1) is 12.6. The predicted molar refractivity (Wildman–Crippen MR) is 78.8 cm³/mol. The van der Waals surface area contributed by atoms with E-state index in [1.165, 1.54) is 0 Å². The lowest BCUT2D eigenvalue weighted by atomic mass is 10.1. The summed E-state index contributed by atoms with van der Waals surface area (Å²) >= 11 is 6.05. The average Bonchev–Trinajstić information content (AvgIpc) is 2.36. The van der Waals surface area contributed by atoms with Crippen LogP contribution in [0.2, 0.25) is 5.28 Å². The van der Waals surface area contributed by atoms with E-state index < -0.39 is 0 Å². The molecule has 1 aliphatic rings. The molecule has 1 aromatic carbocycles. The number of nitrogens with one attached hydrogen (secondary N) is 1. The number of anilines is 1. The molecule has 19 heavy (non-hydrogen) atoms. The van der Waals surface area contributed by atoms with Gasteiger partial charge in [-0.25, -0.2) is 4.98 Å². The third-order valence-corrected chi connectivity index (χ3v) is 3.58. The second-order valence-electron chi connectivity index (χ2n) is 5.21. The molecular formula is C14H17ClN4. The number of hydrogen-bond acceptors (Lipinski definition) is 4. The number of aromatic nitrogens is 2. The Balaban J connectivity index is 2.08. The largest absolute Gasteiger partial charge is 0.353 e. The van der Waals surface area contributed by atoms with Gasteiger partial charge in [0.15, 0.2) is 0 Å². The first-order valence-electron chi connectivity index (χ1n) is 6.57. The fraction of sp³-hybridized carbons (Fsp3) is 0.429. The van der Waals surface area contributed by atoms with E-state index in [1.807, 2.05) is 18.2 Å². The first-order chi connectivity index (χ1) is 9.13. The molecular weight excluding hydrogens is 260 g/mol. The van der Waals surface area contributed by atoms with Crippen molar-refractivity contribution in [1.82, 2.24) is 15.3 Å². The highest BCUT2D eigenvalue weighted by molar-refractivity contribution is 6.28. The maximum absolute atomic E-state index is 6.05. The Morgan fingerprint density at radius 2 is 1.84 bits per heavy atom. The zero-order valence-corrected chi connectivity index (χ0v) is 11.9. The zero-order chi connectivity index (χ0) is 13.4. The van der Waals surface area contributed by atoms with Gasteiger partial charge in [0.1, 0.15) is 5.82 Å². The van der Waals surface area contributed by atoms with Crippen LogP contribution in [0.25, 0.3) is 10.9 Å². The number of nitrogens with zero attached hydrogens (tertiary/aromatic N) is 3. The van der Waals surface area contributed by atoms with Gasteiger partial charge in [0.25, 0.3) is 0 Å². The SMILES string of the molecule is CC1CN(c2nc(Cl)nc3ccccc23)CC(C)N1. The monoisotopic (exact) mass is 276 g/mol. The van der Waals surface area contributed by atoms with E-state index in [9.17, 15) is 0 Å². The molecule has 0 aliphatic carbocycles. The highest BCUT2D eigenvalue weighted by Gasteiger charge is 2.23. The molecule has 2 atom stereocenters. The molecule has 0 bridgehead atoms. The van der Waals surface area contributed by atoms with Crippen LogP contribution >= 0.6 is 11.6 Å². The standard InChI is InChI=1S/C14H17ClN4/c1-9-7-19(8-10(2)16-9)13-11-5-3-4-6-12(11)17-14(15)18-13/h3-6,9-10,16H,7-8H2,1-2H3. The van der Waals surface area contributed by atoms with Gasteiger partial charge in [-0.1, -0.05) is 12.1 Å². The molecule has 1 aliphatic heterocycles. The van der Waals surface area contributed by atoms with Gasteiger partial charge in [-0.05, 0) is 37.6 Å². The van der Waals surface area contributed by atoms with Crippen LogP contribution in [0.15, 0.2) is 24.3 Å². The molecule has 0 amide bonds. The number of fused-ring (bicyclic) bond motifs is 1. The van der Waals surface area contributed by atoms with Crippen molar-refractivity contribution in [2.45, 2.75) is 25.9 Å². The van der Waals surface area contributed by atoms with Crippen molar-refractivity contribution in [3.63, 3.8) is 0 Å². The lowest BCUT2D eigenvalue weighted by Crippen LogP contribution is -2.54. The summed E-state index contributed by atoms with van der Waals surface area (Å²) < 4.78 is 0. The molecule has 3 rings (SSSR count). The molecule has 1 aromatic heterocycles. The lowest BCUT2D eigenvalue weighted by molar-refractivity contribution is 0.406. The molecule has 2 heterocycles. The summed E-state index contributed by atoms with van der Waals surface area (Å²) in [6.45, 7) is 6.24. The Labute approximate surface area is 117 Å². The molecule has 2 aromatic rings. The zero-order valence-electron chi connectivity index (χ0n) is 11.1. The van der Waals surface area contributed by atoms with Crippen LogP contribution in [0.3, 0.4) is 0 Å². The molecule has 0 radical (unpaired) electrons. The second kappa shape index (κ2) is 4.94. The lowest BCUT2D eigenvalue weighted by Gasteiger charge is -2.37. The third kappa shape index (κ3) is 2.51. The topological polar surface area (TPSA) is 41.1 Å². The molecule has 0 saturated carbocycles. The first-order valence-corrected chi connectivity index (χ1v) is 6.94. The fourth-order valence-electron chi connectivity index (χ4n) is 2.77. The van der Waals surface area contributed by atoms with E-state index >= 15 is 0 Å². The van der Waals surface area contributed by atoms with Crippen LogP contribution in [-0.2, 0) is 0 Å². The van der Waals surface area contributed by atoms with Crippen molar-refractivity contribution in [3.8, 4) is 0 Å². The summed E-state index contributed by atoms with van der Waals surface area (Å²) in [6, 6.07) is 8.89. The van der Waals surface area contributed by atoms with Crippen LogP contribution in [0.5, 0.6) is 0 Å². The summed E-state index contributed by atoms with van der Waals surface area (Å²) in [7, 11) is 0. The van der Waals surface area contributed by atoms with Crippen LogP contribution < -0.4 is 10.2 Å². The fourth-order valence-corrected chi connectivity index (χ4v) is 2.94. The normalized spacial score (nSPS) is 23.8. The molecule has 1 saturated heterocycles. The van der Waals surface area contributed by atoms with Gasteiger partial charge in [0.2, 0.25) is 5.28 Å². The molecule has 1 N–H and O–H groups in total. The van der Waals surface area contributed by atoms with Crippen molar-refractivity contribution >= 4 is 28.3 Å². The van der Waals surface area contributed by atoms with Crippen LogP contribution in [-0.4, -0.2) is 35.1 Å². The quantitative estimate of drug-likeness (QED) is 0.813. The summed E-state index contributed by atoms with van der Waals surface area (Å²) in [5.41, 5.74) is 0.899. The van der Waals surface area contributed by atoms with Gasteiger partial charge in [0, 0.05) is 30.6 Å². The second-order valence-corrected chi connectivity index (χ2v) is 5.55. The smallest absolute Gasteiger partial charge is 0.224 e. The average molecular weight is 277 g/mol. The highest BCUT2D eigenvalue weighted by Crippen LogP contribution is 2.26. The van der Waals surface area contributed by atoms with Crippen LogP contribution in [0.4, 0.5) is 5.82 Å². The Morgan fingerprint density at radius 3 is 2.58 bits per heavy atom. The van der Waals surface area contributed by atoms with Crippen molar-refractivity contribution in [2.75, 3.05) is 18.0 Å². The van der Waals surface area contributed by atoms with E-state index in [1.54, 1.807) is 0 Å². The highest BCUT2D eigenvalue weighted by atomic mass is 35.5. The van der Waals surface area contributed by atoms with Crippen molar-refractivity contribution < 1.29 is 0 Å². The number of benzene rings is 1. The van der Waals surface area contributed by atoms with Crippen molar-refractivity contribution in [3.05, 3.63) is 29.5 Å². The van der Waals surface area contributed by atoms with E-state index in [-0.39, 0.29) is 0 Å². The Hall–Kier alpha value is -1.39.